The van der Waals surface area contributed by atoms with Gasteiger partial charge in [0.05, 0.1) is 50.1 Å². The molecule has 0 unspecified atom stereocenters. The minimum absolute atomic E-state index is 0.0133. The van der Waals surface area contributed by atoms with Crippen LogP contribution in [0.2, 0.25) is 0 Å². The lowest BCUT2D eigenvalue weighted by atomic mass is 9.12. The molecular formula is C50H26BF24NO3. The van der Waals surface area contributed by atoms with E-state index in [1.165, 1.54) is 0 Å². The molecule has 7 rings (SSSR count). The van der Waals surface area contributed by atoms with Crippen molar-refractivity contribution in [2.75, 3.05) is 0 Å². The summed E-state index contributed by atoms with van der Waals surface area (Å²) in [5.41, 5.74) is -29.3. The first-order valence-corrected chi connectivity index (χ1v) is 21.5. The monoisotopic (exact) mass is 1160 g/mol. The first-order chi connectivity index (χ1) is 35.9. The van der Waals surface area contributed by atoms with E-state index in [0.717, 1.165) is 5.39 Å². The van der Waals surface area contributed by atoms with Crippen molar-refractivity contribution in [3.63, 3.8) is 0 Å². The normalized spacial score (nSPS) is 13.3. The van der Waals surface area contributed by atoms with E-state index in [2.05, 4.69) is 0 Å². The minimum Gasteiger partial charge on any atom is -0.478 e. The molecule has 0 saturated heterocycles. The molecule has 0 amide bonds. The maximum absolute atomic E-state index is 14.2. The number of fused-ring (bicyclic) bond motifs is 1. The molecule has 1 heterocycles. The number of aromatic nitrogens is 1. The van der Waals surface area contributed by atoms with Crippen molar-refractivity contribution in [3.8, 4) is 0 Å². The Labute approximate surface area is 426 Å². The topological polar surface area (TPSA) is 58.2 Å². The van der Waals surface area contributed by atoms with Crippen LogP contribution in [-0.4, -0.2) is 23.0 Å². The van der Waals surface area contributed by atoms with Gasteiger partial charge >= 0.3 is 55.4 Å². The first-order valence-electron chi connectivity index (χ1n) is 21.5. The molecule has 0 aliphatic heterocycles. The second kappa shape index (κ2) is 20.8. The van der Waals surface area contributed by atoms with Crippen LogP contribution in [0.5, 0.6) is 0 Å². The van der Waals surface area contributed by atoms with Gasteiger partial charge in [-0.25, -0.2) is 4.79 Å². The molecule has 420 valence electrons. The molecule has 4 nitrogen and oxygen atoms in total. The van der Waals surface area contributed by atoms with Gasteiger partial charge in [0.25, 0.3) is 0 Å². The summed E-state index contributed by atoms with van der Waals surface area (Å²) in [5, 5.41) is 10.6. The van der Waals surface area contributed by atoms with Gasteiger partial charge in [-0.3, -0.25) is 4.79 Å². The SMILES string of the molecule is FC(F)(F)c1cc([B-](c2cc(C(F)(F)F)cc(C(F)(F)F)c2)(c2cc(C(F)(F)F)cc(C(F)(F)F)c2)c2cc(C(F)(F)F)cc(C(F)(F)F)c2)cc(C(F)(F)F)c1.O=C(C[n+]1ccc2c(C(=O)O)cccc2c1)c1ccccc1. The van der Waals surface area contributed by atoms with E-state index >= 15 is 0 Å². The van der Waals surface area contributed by atoms with Crippen LogP contribution in [0.25, 0.3) is 10.8 Å². The van der Waals surface area contributed by atoms with E-state index in [4.69, 9.17) is 0 Å². The van der Waals surface area contributed by atoms with E-state index in [1.54, 1.807) is 47.3 Å². The number of halogens is 24. The summed E-state index contributed by atoms with van der Waals surface area (Å²) in [4.78, 5) is 23.4. The van der Waals surface area contributed by atoms with Gasteiger partial charge in [-0.2, -0.15) is 132 Å². The number of rotatable bonds is 8. The molecule has 0 fully saturated rings. The molecule has 0 radical (unpaired) electrons. The highest BCUT2D eigenvalue weighted by Crippen LogP contribution is 2.41. The Morgan fingerprint density at radius 3 is 0.937 bits per heavy atom. The van der Waals surface area contributed by atoms with Crippen LogP contribution in [0.15, 0.2) is 140 Å². The Morgan fingerprint density at radius 1 is 0.380 bits per heavy atom. The van der Waals surface area contributed by atoms with Gasteiger partial charge in [0.1, 0.15) is 6.15 Å². The fourth-order valence-electron chi connectivity index (χ4n) is 8.51. The molecule has 0 saturated carbocycles. The van der Waals surface area contributed by atoms with Crippen molar-refractivity contribution in [1.82, 2.24) is 0 Å². The summed E-state index contributed by atoms with van der Waals surface area (Å²) < 4.78 is 343. The largest absolute Gasteiger partial charge is 0.478 e. The Balaban J connectivity index is 0.000000378. The summed E-state index contributed by atoms with van der Waals surface area (Å²) >= 11 is 0. The maximum atomic E-state index is 14.2. The zero-order chi connectivity index (χ0) is 59.4. The van der Waals surface area contributed by atoms with Crippen LogP contribution in [0.4, 0.5) is 105 Å². The number of carbonyl (C=O) groups excluding carboxylic acids is 1. The van der Waals surface area contributed by atoms with Gasteiger partial charge in [-0.15, -0.1) is 0 Å². The molecule has 6 aromatic carbocycles. The molecule has 29 heteroatoms. The number of hydrogen-bond acceptors (Lipinski definition) is 2. The summed E-state index contributed by atoms with van der Waals surface area (Å²) in [5.74, 6) is -0.942. The Bertz CT molecular complexity index is 2990. The Morgan fingerprint density at radius 2 is 0.671 bits per heavy atom. The third-order valence-electron chi connectivity index (χ3n) is 12.0. The van der Waals surface area contributed by atoms with Crippen LogP contribution < -0.4 is 26.4 Å². The van der Waals surface area contributed by atoms with E-state index in [9.17, 15) is 120 Å². The van der Waals surface area contributed by atoms with E-state index < -0.39 is 201 Å². The number of ketones is 1. The second-order valence-corrected chi connectivity index (χ2v) is 17.2. The summed E-state index contributed by atoms with van der Waals surface area (Å²) in [6.45, 7) is 0.219. The van der Waals surface area contributed by atoms with Crippen LogP contribution in [0, 0.1) is 0 Å². The zero-order valence-corrected chi connectivity index (χ0v) is 38.3. The number of nitrogens with zero attached hydrogens (tertiary/aromatic N) is 1. The number of Topliss-reactive ketones (excluding diaryl/α,β-unsaturated/α-hetero) is 1. The van der Waals surface area contributed by atoms with Crippen LogP contribution in [0.3, 0.4) is 0 Å². The van der Waals surface area contributed by atoms with Crippen molar-refractivity contribution in [2.24, 2.45) is 0 Å². The summed E-state index contributed by atoms with van der Waals surface area (Å²) in [6, 6.07) is 7.14. The second-order valence-electron chi connectivity index (χ2n) is 17.2. The molecule has 0 aliphatic carbocycles. The predicted molar refractivity (Wildman–Crippen MR) is 232 cm³/mol. The highest BCUT2D eigenvalue weighted by atomic mass is 19.4. The quantitative estimate of drug-likeness (QED) is 0.0714. The molecular weight excluding hydrogens is 1130 g/mol. The van der Waals surface area contributed by atoms with Crippen molar-refractivity contribution in [1.29, 1.82) is 0 Å². The van der Waals surface area contributed by atoms with Crippen LogP contribution >= 0.6 is 0 Å². The Kier molecular flexibility index (Phi) is 15.9. The van der Waals surface area contributed by atoms with Gasteiger partial charge in [0, 0.05) is 22.4 Å². The van der Waals surface area contributed by atoms with Gasteiger partial charge in [-0.1, -0.05) is 84.9 Å². The lowest BCUT2D eigenvalue weighted by molar-refractivity contribution is -0.681. The lowest BCUT2D eigenvalue weighted by Crippen LogP contribution is -2.75. The van der Waals surface area contributed by atoms with Crippen LogP contribution in [-0.2, 0) is 56.0 Å². The van der Waals surface area contributed by atoms with Crippen molar-refractivity contribution >= 4 is 50.5 Å². The molecule has 1 N–H and O–H groups in total. The number of carbonyl (C=O) groups is 2. The van der Waals surface area contributed by atoms with Gasteiger partial charge in [0.2, 0.25) is 12.3 Å². The molecule has 0 bridgehead atoms. The smallest absolute Gasteiger partial charge is 0.416 e. The van der Waals surface area contributed by atoms with Crippen LogP contribution in [0.1, 0.15) is 65.2 Å². The fourth-order valence-corrected chi connectivity index (χ4v) is 8.51. The number of carboxylic acid groups (broad SMARTS) is 1. The average molecular weight is 1160 g/mol. The number of aromatic carboxylic acids is 1. The molecule has 79 heavy (non-hydrogen) atoms. The molecule has 0 aliphatic rings. The third kappa shape index (κ3) is 13.6. The zero-order valence-electron chi connectivity index (χ0n) is 38.3. The first kappa shape index (κ1) is 60.5. The number of benzene rings is 6. The van der Waals surface area contributed by atoms with Gasteiger partial charge in [0.15, 0.2) is 12.4 Å². The fraction of sp³-hybridized carbons (Fsp3) is 0.180. The number of alkyl halides is 24. The summed E-state index contributed by atoms with van der Waals surface area (Å²) in [6.07, 6.45) is -51.3. The standard InChI is InChI=1S/C32H12BF24.C18H13NO3/c34-25(35,36)13-1-14(26(37,38)39)6-21(5-13)33(22-7-15(27(40,41)42)2-16(8-22)28(43,44)45,23-9-17(29(46,47)48)3-18(10-23)30(49,50)51)24-11-19(31(52,53)54)4-20(12-24)32(55,56)57;20-17(13-5-2-1-3-6-13)12-19-10-9-15-14(11-19)7-4-8-16(15)18(21)22/h1-12H;1-11H,12H2/q-1;/p+1. The molecule has 7 aromatic rings. The van der Waals surface area contributed by atoms with Crippen molar-refractivity contribution < 1.29 is 125 Å². The van der Waals surface area contributed by atoms with Gasteiger partial charge in [-0.05, 0) is 36.4 Å². The minimum atomic E-state index is -6.13. The lowest BCUT2D eigenvalue weighted by Gasteiger charge is -2.46. The maximum Gasteiger partial charge on any atom is 0.416 e. The average Bonchev–Trinajstić information content (AvgIpc) is 3.54. The number of hydrogen-bond donors (Lipinski definition) is 1. The van der Waals surface area contributed by atoms with Crippen molar-refractivity contribution in [2.45, 2.75) is 56.0 Å². The Hall–Kier alpha value is -7.75. The van der Waals surface area contributed by atoms with Crippen molar-refractivity contribution in [3.05, 3.63) is 195 Å². The highest BCUT2D eigenvalue weighted by Gasteiger charge is 2.47. The third-order valence-corrected chi connectivity index (χ3v) is 12.0. The molecule has 1 aromatic heterocycles. The van der Waals surface area contributed by atoms with Gasteiger partial charge < -0.3 is 5.11 Å². The molecule has 0 spiro atoms. The number of pyridine rings is 1. The van der Waals surface area contributed by atoms with E-state index in [0.29, 0.717) is 10.9 Å². The molecule has 0 atom stereocenters. The van der Waals surface area contributed by atoms with E-state index in [1.807, 2.05) is 24.3 Å². The summed E-state index contributed by atoms with van der Waals surface area (Å²) in [7, 11) is 0. The highest BCUT2D eigenvalue weighted by molar-refractivity contribution is 7.20. The van der Waals surface area contributed by atoms with E-state index in [-0.39, 0.29) is 17.9 Å². The predicted octanol–water partition coefficient (Wildman–Crippen LogP) is 13.9. The number of carboxylic acids is 1.